The first kappa shape index (κ1) is 15.0. The summed E-state index contributed by atoms with van der Waals surface area (Å²) < 4.78 is 4.88. The lowest BCUT2D eigenvalue weighted by molar-refractivity contribution is 0.608. The van der Waals surface area contributed by atoms with E-state index in [0.717, 1.165) is 29.6 Å². The molecular formula is C15H22N6S. The van der Waals surface area contributed by atoms with Crippen molar-refractivity contribution in [2.45, 2.75) is 27.3 Å². The molecule has 0 atom stereocenters. The first-order chi connectivity index (χ1) is 10.4. The maximum absolute atomic E-state index is 4.81. The number of aromatic nitrogens is 5. The molecule has 22 heavy (non-hydrogen) atoms. The molecule has 0 spiro atoms. The number of fused-ring (bicyclic) bond motifs is 1. The van der Waals surface area contributed by atoms with Gasteiger partial charge in [0.1, 0.15) is 0 Å². The van der Waals surface area contributed by atoms with E-state index in [1.54, 1.807) is 11.3 Å². The van der Waals surface area contributed by atoms with Crippen LogP contribution in [-0.2, 0) is 20.6 Å². The third kappa shape index (κ3) is 2.85. The average molecular weight is 318 g/mol. The van der Waals surface area contributed by atoms with Crippen molar-refractivity contribution < 1.29 is 0 Å². The molecule has 0 amide bonds. The van der Waals surface area contributed by atoms with Gasteiger partial charge in [0, 0.05) is 38.9 Å². The van der Waals surface area contributed by atoms with Gasteiger partial charge in [-0.2, -0.15) is 10.2 Å². The molecule has 3 aromatic rings. The van der Waals surface area contributed by atoms with Crippen molar-refractivity contribution in [1.82, 2.24) is 24.5 Å². The molecule has 6 nitrogen and oxygen atoms in total. The summed E-state index contributed by atoms with van der Waals surface area (Å²) in [5.74, 6) is 0.572. The van der Waals surface area contributed by atoms with Gasteiger partial charge in [0.2, 0.25) is 0 Å². The van der Waals surface area contributed by atoms with E-state index in [2.05, 4.69) is 35.1 Å². The summed E-state index contributed by atoms with van der Waals surface area (Å²) in [6, 6.07) is 0. The van der Waals surface area contributed by atoms with Crippen molar-refractivity contribution in [2.75, 3.05) is 11.4 Å². The predicted octanol–water partition coefficient (Wildman–Crippen LogP) is 2.73. The Kier molecular flexibility index (Phi) is 3.90. The van der Waals surface area contributed by atoms with E-state index in [1.165, 1.54) is 10.3 Å². The van der Waals surface area contributed by atoms with E-state index in [0.29, 0.717) is 5.92 Å². The number of aryl methyl sites for hydroxylation is 3. The minimum absolute atomic E-state index is 0.572. The molecule has 0 aromatic carbocycles. The van der Waals surface area contributed by atoms with Gasteiger partial charge in [0.15, 0.2) is 10.8 Å². The molecule has 0 N–H and O–H groups in total. The Hall–Kier alpha value is -1.89. The van der Waals surface area contributed by atoms with Crippen molar-refractivity contribution in [3.05, 3.63) is 23.7 Å². The molecule has 0 radical (unpaired) electrons. The van der Waals surface area contributed by atoms with Crippen LogP contribution in [0.15, 0.2) is 12.4 Å². The Labute approximate surface area is 134 Å². The molecule has 0 saturated heterocycles. The van der Waals surface area contributed by atoms with E-state index in [4.69, 9.17) is 4.98 Å². The van der Waals surface area contributed by atoms with Crippen LogP contribution in [0.25, 0.3) is 10.3 Å². The van der Waals surface area contributed by atoms with Crippen LogP contribution >= 0.6 is 11.3 Å². The van der Waals surface area contributed by atoms with Gasteiger partial charge >= 0.3 is 0 Å². The normalized spacial score (nSPS) is 11.7. The Morgan fingerprint density at radius 3 is 2.68 bits per heavy atom. The van der Waals surface area contributed by atoms with E-state index in [-0.39, 0.29) is 0 Å². The van der Waals surface area contributed by atoms with Crippen LogP contribution in [0.3, 0.4) is 0 Å². The third-order valence-corrected chi connectivity index (χ3v) is 4.74. The molecule has 3 aromatic heterocycles. The fraction of sp³-hybridized carbons (Fsp3) is 0.533. The fourth-order valence-electron chi connectivity index (χ4n) is 2.63. The first-order valence-corrected chi connectivity index (χ1v) is 8.28. The van der Waals surface area contributed by atoms with Gasteiger partial charge in [0.25, 0.3) is 0 Å². The van der Waals surface area contributed by atoms with E-state index in [9.17, 15) is 0 Å². The Bertz CT molecular complexity index is 747. The zero-order valence-corrected chi connectivity index (χ0v) is 14.6. The van der Waals surface area contributed by atoms with Crippen molar-refractivity contribution in [3.63, 3.8) is 0 Å². The van der Waals surface area contributed by atoms with Crippen LogP contribution in [0.2, 0.25) is 0 Å². The van der Waals surface area contributed by atoms with E-state index in [1.807, 2.05) is 36.6 Å². The Balaban J connectivity index is 1.94. The maximum Gasteiger partial charge on any atom is 0.188 e. The molecule has 7 heteroatoms. The smallest absolute Gasteiger partial charge is 0.188 e. The van der Waals surface area contributed by atoms with Crippen molar-refractivity contribution >= 4 is 26.8 Å². The molecule has 3 heterocycles. The van der Waals surface area contributed by atoms with E-state index >= 15 is 0 Å². The monoisotopic (exact) mass is 318 g/mol. The van der Waals surface area contributed by atoms with Gasteiger partial charge in [0.05, 0.1) is 16.6 Å². The maximum atomic E-state index is 4.81. The van der Waals surface area contributed by atoms with Gasteiger partial charge in [-0.15, -0.1) is 0 Å². The topological polar surface area (TPSA) is 51.8 Å². The van der Waals surface area contributed by atoms with Crippen LogP contribution in [0, 0.1) is 12.8 Å². The van der Waals surface area contributed by atoms with Gasteiger partial charge in [-0.25, -0.2) is 9.67 Å². The van der Waals surface area contributed by atoms with Crippen molar-refractivity contribution in [1.29, 1.82) is 0 Å². The standard InChI is InChI=1S/C15H22N6S/c1-10(2)7-21(9-12-6-16-19(4)8-12)15-17-14-13(22-15)11(3)18-20(14)5/h6,8,10H,7,9H2,1-5H3. The number of rotatable bonds is 5. The highest BCUT2D eigenvalue weighted by molar-refractivity contribution is 7.22. The van der Waals surface area contributed by atoms with Crippen LogP contribution in [-0.4, -0.2) is 31.1 Å². The zero-order valence-electron chi connectivity index (χ0n) is 13.7. The number of hydrogen-bond donors (Lipinski definition) is 0. The molecule has 0 saturated carbocycles. The summed E-state index contributed by atoms with van der Waals surface area (Å²) in [7, 11) is 3.90. The second-order valence-corrected chi connectivity index (χ2v) is 7.13. The second kappa shape index (κ2) is 5.72. The summed E-state index contributed by atoms with van der Waals surface area (Å²) in [5, 5.41) is 9.75. The summed E-state index contributed by atoms with van der Waals surface area (Å²) in [6.45, 7) is 8.31. The van der Waals surface area contributed by atoms with Crippen molar-refractivity contribution in [2.24, 2.45) is 20.0 Å². The third-order valence-electron chi connectivity index (χ3n) is 3.52. The molecule has 0 aliphatic heterocycles. The molecular weight excluding hydrogens is 296 g/mol. The molecule has 118 valence electrons. The summed E-state index contributed by atoms with van der Waals surface area (Å²) in [4.78, 5) is 7.15. The Morgan fingerprint density at radius 2 is 2.09 bits per heavy atom. The highest BCUT2D eigenvalue weighted by atomic mass is 32.1. The molecule has 0 fully saturated rings. The molecule has 0 unspecified atom stereocenters. The highest BCUT2D eigenvalue weighted by Gasteiger charge is 2.18. The second-order valence-electron chi connectivity index (χ2n) is 6.15. The minimum atomic E-state index is 0.572. The summed E-state index contributed by atoms with van der Waals surface area (Å²) in [6.07, 6.45) is 3.99. The lowest BCUT2D eigenvalue weighted by Crippen LogP contribution is -2.26. The largest absolute Gasteiger partial charge is 0.343 e. The van der Waals surface area contributed by atoms with Crippen LogP contribution in [0.1, 0.15) is 25.1 Å². The summed E-state index contributed by atoms with van der Waals surface area (Å²) >= 11 is 1.73. The summed E-state index contributed by atoms with van der Waals surface area (Å²) in [5.41, 5.74) is 3.22. The van der Waals surface area contributed by atoms with Gasteiger partial charge in [-0.05, 0) is 12.8 Å². The zero-order chi connectivity index (χ0) is 15.9. The fourth-order valence-corrected chi connectivity index (χ4v) is 3.67. The van der Waals surface area contributed by atoms with Crippen LogP contribution in [0.5, 0.6) is 0 Å². The molecule has 3 rings (SSSR count). The van der Waals surface area contributed by atoms with Gasteiger partial charge < -0.3 is 4.90 Å². The van der Waals surface area contributed by atoms with Gasteiger partial charge in [-0.1, -0.05) is 25.2 Å². The van der Waals surface area contributed by atoms with E-state index < -0.39 is 0 Å². The van der Waals surface area contributed by atoms with Crippen LogP contribution in [0.4, 0.5) is 5.13 Å². The number of nitrogens with zero attached hydrogens (tertiary/aromatic N) is 6. The Morgan fingerprint density at radius 1 is 1.32 bits per heavy atom. The first-order valence-electron chi connectivity index (χ1n) is 7.46. The average Bonchev–Trinajstić information content (AvgIpc) is 3.08. The van der Waals surface area contributed by atoms with Crippen molar-refractivity contribution in [3.8, 4) is 0 Å². The lowest BCUT2D eigenvalue weighted by atomic mass is 10.2. The number of hydrogen-bond acceptors (Lipinski definition) is 5. The number of anilines is 1. The quantitative estimate of drug-likeness (QED) is 0.726. The predicted molar refractivity (Wildman–Crippen MR) is 90.2 cm³/mol. The SMILES string of the molecule is Cc1nn(C)c2nc(N(Cc3cnn(C)c3)CC(C)C)sc12. The van der Waals surface area contributed by atoms with Gasteiger partial charge in [-0.3, -0.25) is 4.68 Å². The lowest BCUT2D eigenvalue weighted by Gasteiger charge is -2.23. The highest BCUT2D eigenvalue weighted by Crippen LogP contribution is 2.31. The van der Waals surface area contributed by atoms with Crippen LogP contribution < -0.4 is 4.90 Å². The molecule has 0 bridgehead atoms. The molecule has 0 aliphatic carbocycles. The molecule has 0 aliphatic rings. The minimum Gasteiger partial charge on any atom is -0.343 e. The number of thiazole rings is 1.